The van der Waals surface area contributed by atoms with Crippen LogP contribution in [0.25, 0.3) is 0 Å². The van der Waals surface area contributed by atoms with Crippen LogP contribution in [0.1, 0.15) is 35.8 Å². The number of amides is 1. The van der Waals surface area contributed by atoms with E-state index in [1.165, 1.54) is 30.6 Å². The summed E-state index contributed by atoms with van der Waals surface area (Å²) in [6.45, 7) is 0. The highest BCUT2D eigenvalue weighted by Crippen LogP contribution is 2.27. The molecule has 1 amide bonds. The largest absolute Gasteiger partial charge is 0.465 e. The van der Waals surface area contributed by atoms with E-state index in [1.54, 1.807) is 24.3 Å². The standard InChI is InChI=1S/C18H14FNO3S2/c1-23-18(22)15-9-8-14(25-15)17(21)20-16(13-3-2-10-24-13)11-4-6-12(19)7-5-11/h2-10,16H,1H3,(H,20,21)/t16-/m0/s1. The summed E-state index contributed by atoms with van der Waals surface area (Å²) in [6.07, 6.45) is 0. The van der Waals surface area contributed by atoms with Gasteiger partial charge in [-0.2, -0.15) is 0 Å². The molecule has 0 saturated heterocycles. The predicted octanol–water partition coefficient (Wildman–Crippen LogP) is 4.25. The van der Waals surface area contributed by atoms with Gasteiger partial charge in [-0.1, -0.05) is 18.2 Å². The fourth-order valence-electron chi connectivity index (χ4n) is 2.30. The summed E-state index contributed by atoms with van der Waals surface area (Å²) >= 11 is 2.57. The van der Waals surface area contributed by atoms with E-state index in [2.05, 4.69) is 10.1 Å². The van der Waals surface area contributed by atoms with Gasteiger partial charge < -0.3 is 10.1 Å². The minimum atomic E-state index is -0.475. The third kappa shape index (κ3) is 3.94. The molecule has 0 fully saturated rings. The molecule has 0 saturated carbocycles. The summed E-state index contributed by atoms with van der Waals surface area (Å²) < 4.78 is 17.9. The van der Waals surface area contributed by atoms with Gasteiger partial charge in [-0.3, -0.25) is 4.79 Å². The molecular formula is C18H14FNO3S2. The van der Waals surface area contributed by atoms with Gasteiger partial charge in [0.15, 0.2) is 0 Å². The van der Waals surface area contributed by atoms with Crippen LogP contribution >= 0.6 is 22.7 Å². The number of benzene rings is 1. The van der Waals surface area contributed by atoms with Crippen LogP contribution in [0.5, 0.6) is 0 Å². The number of halogens is 1. The fourth-order valence-corrected chi connectivity index (χ4v) is 3.93. The topological polar surface area (TPSA) is 55.4 Å². The van der Waals surface area contributed by atoms with Crippen LogP contribution in [0, 0.1) is 5.82 Å². The Bertz CT molecular complexity index is 872. The normalized spacial score (nSPS) is 11.8. The third-order valence-corrected chi connectivity index (χ3v) is 5.52. The zero-order valence-electron chi connectivity index (χ0n) is 13.2. The maximum atomic E-state index is 13.2. The number of carbonyl (C=O) groups is 2. The summed E-state index contributed by atoms with van der Waals surface area (Å²) in [6, 6.07) is 12.6. The minimum absolute atomic E-state index is 0.303. The number of hydrogen-bond acceptors (Lipinski definition) is 5. The number of ether oxygens (including phenoxy) is 1. The number of rotatable bonds is 5. The van der Waals surface area contributed by atoms with Crippen molar-refractivity contribution in [2.45, 2.75) is 6.04 Å². The zero-order valence-corrected chi connectivity index (χ0v) is 14.8. The second-order valence-corrected chi connectivity index (χ2v) is 7.19. The van der Waals surface area contributed by atoms with E-state index in [9.17, 15) is 14.0 Å². The van der Waals surface area contributed by atoms with Crippen LogP contribution < -0.4 is 5.32 Å². The average Bonchev–Trinajstić information content (AvgIpc) is 3.31. The Labute approximate surface area is 151 Å². The Morgan fingerprint density at radius 1 is 1.08 bits per heavy atom. The van der Waals surface area contributed by atoms with Gasteiger partial charge in [-0.05, 0) is 41.3 Å². The van der Waals surface area contributed by atoms with E-state index < -0.39 is 12.0 Å². The highest BCUT2D eigenvalue weighted by Gasteiger charge is 2.21. The lowest BCUT2D eigenvalue weighted by Gasteiger charge is -2.17. The Morgan fingerprint density at radius 2 is 1.80 bits per heavy atom. The number of thiophene rings is 2. The maximum Gasteiger partial charge on any atom is 0.348 e. The van der Waals surface area contributed by atoms with Gasteiger partial charge in [0.2, 0.25) is 0 Å². The van der Waals surface area contributed by atoms with Crippen LogP contribution in [0.3, 0.4) is 0 Å². The molecule has 1 N–H and O–H groups in total. The number of methoxy groups -OCH3 is 1. The highest BCUT2D eigenvalue weighted by molar-refractivity contribution is 7.15. The van der Waals surface area contributed by atoms with Gasteiger partial charge in [0, 0.05) is 4.88 Å². The molecule has 4 nitrogen and oxygen atoms in total. The monoisotopic (exact) mass is 375 g/mol. The van der Waals surface area contributed by atoms with Crippen LogP contribution in [0.2, 0.25) is 0 Å². The van der Waals surface area contributed by atoms with E-state index in [-0.39, 0.29) is 11.7 Å². The van der Waals surface area contributed by atoms with Crippen LogP contribution in [-0.4, -0.2) is 19.0 Å². The smallest absolute Gasteiger partial charge is 0.348 e. The van der Waals surface area contributed by atoms with Crippen molar-refractivity contribution >= 4 is 34.6 Å². The van der Waals surface area contributed by atoms with Crippen LogP contribution in [-0.2, 0) is 4.74 Å². The molecule has 3 aromatic rings. The van der Waals surface area contributed by atoms with E-state index in [0.29, 0.717) is 9.75 Å². The van der Waals surface area contributed by atoms with E-state index in [1.807, 2.05) is 17.5 Å². The van der Waals surface area contributed by atoms with Crippen molar-refractivity contribution in [2.75, 3.05) is 7.11 Å². The number of nitrogens with one attached hydrogen (secondary N) is 1. The second-order valence-electron chi connectivity index (χ2n) is 5.13. The van der Waals surface area contributed by atoms with E-state index >= 15 is 0 Å². The van der Waals surface area contributed by atoms with E-state index in [4.69, 9.17) is 0 Å². The first-order chi connectivity index (χ1) is 12.1. The van der Waals surface area contributed by atoms with Crippen molar-refractivity contribution in [1.29, 1.82) is 0 Å². The van der Waals surface area contributed by atoms with Gasteiger partial charge in [0.05, 0.1) is 18.0 Å². The predicted molar refractivity (Wildman–Crippen MR) is 95.7 cm³/mol. The summed E-state index contributed by atoms with van der Waals surface area (Å²) in [5.74, 6) is -1.11. The third-order valence-electron chi connectivity index (χ3n) is 3.52. The first-order valence-electron chi connectivity index (χ1n) is 7.36. The Kier molecular flexibility index (Phi) is 5.25. The maximum absolute atomic E-state index is 13.2. The van der Waals surface area contributed by atoms with Gasteiger partial charge in [-0.25, -0.2) is 9.18 Å². The summed E-state index contributed by atoms with van der Waals surface area (Å²) in [5, 5.41) is 4.86. The average molecular weight is 375 g/mol. The van der Waals surface area contributed by atoms with Crippen molar-refractivity contribution in [3.8, 4) is 0 Å². The number of hydrogen-bond donors (Lipinski definition) is 1. The molecule has 25 heavy (non-hydrogen) atoms. The molecule has 0 spiro atoms. The lowest BCUT2D eigenvalue weighted by molar-refractivity contribution is 0.0606. The van der Waals surface area contributed by atoms with Gasteiger partial charge in [0.1, 0.15) is 10.7 Å². The lowest BCUT2D eigenvalue weighted by Crippen LogP contribution is -2.28. The van der Waals surface area contributed by atoms with Crippen molar-refractivity contribution in [3.05, 3.63) is 79.9 Å². The number of carbonyl (C=O) groups excluding carboxylic acids is 2. The van der Waals surface area contributed by atoms with Gasteiger partial charge in [-0.15, -0.1) is 22.7 Å². The molecule has 2 heterocycles. The molecule has 0 aliphatic rings. The first-order valence-corrected chi connectivity index (χ1v) is 9.06. The molecule has 3 rings (SSSR count). The Hall–Kier alpha value is -2.51. The molecule has 0 aliphatic carbocycles. The van der Waals surface area contributed by atoms with Gasteiger partial charge >= 0.3 is 5.97 Å². The van der Waals surface area contributed by atoms with Crippen molar-refractivity contribution in [1.82, 2.24) is 5.32 Å². The molecule has 0 radical (unpaired) electrons. The molecule has 7 heteroatoms. The van der Waals surface area contributed by atoms with Crippen molar-refractivity contribution in [2.24, 2.45) is 0 Å². The minimum Gasteiger partial charge on any atom is -0.465 e. The molecule has 1 aromatic carbocycles. The van der Waals surface area contributed by atoms with Crippen LogP contribution in [0.15, 0.2) is 53.9 Å². The SMILES string of the molecule is COC(=O)c1ccc(C(=O)N[C@@H](c2ccc(F)cc2)c2cccs2)s1. The van der Waals surface area contributed by atoms with Crippen LogP contribution in [0.4, 0.5) is 4.39 Å². The van der Waals surface area contributed by atoms with E-state index in [0.717, 1.165) is 21.8 Å². The molecular weight excluding hydrogens is 361 g/mol. The molecule has 0 unspecified atom stereocenters. The van der Waals surface area contributed by atoms with Crippen molar-refractivity contribution in [3.63, 3.8) is 0 Å². The second kappa shape index (κ2) is 7.58. The summed E-state index contributed by atoms with van der Waals surface area (Å²) in [4.78, 5) is 25.8. The quantitative estimate of drug-likeness (QED) is 0.678. The highest BCUT2D eigenvalue weighted by atomic mass is 32.1. The van der Waals surface area contributed by atoms with Gasteiger partial charge in [0.25, 0.3) is 5.91 Å². The zero-order chi connectivity index (χ0) is 17.8. The lowest BCUT2D eigenvalue weighted by atomic mass is 10.1. The summed E-state index contributed by atoms with van der Waals surface area (Å²) in [5.41, 5.74) is 0.780. The molecule has 0 aliphatic heterocycles. The molecule has 2 aromatic heterocycles. The first kappa shape index (κ1) is 17.3. The van der Waals surface area contributed by atoms with Crippen molar-refractivity contribution < 1.29 is 18.7 Å². The summed E-state index contributed by atoms with van der Waals surface area (Å²) in [7, 11) is 1.29. The Morgan fingerprint density at radius 3 is 2.44 bits per heavy atom. The molecule has 0 bridgehead atoms. The fraction of sp³-hybridized carbons (Fsp3) is 0.111. The Balaban J connectivity index is 1.85. The molecule has 128 valence electrons. The number of esters is 1. The molecule has 1 atom stereocenters.